The van der Waals surface area contributed by atoms with Gasteiger partial charge in [-0.05, 0) is 77.1 Å². The molecule has 3 rings (SSSR count). The topological polar surface area (TPSA) is 55.4 Å². The number of hydrogen-bond acceptors (Lipinski definition) is 5. The third kappa shape index (κ3) is 8.68. The van der Waals surface area contributed by atoms with E-state index in [1.165, 1.54) is 37.9 Å². The molecule has 0 amide bonds. The molecule has 2 saturated heterocycles. The summed E-state index contributed by atoms with van der Waals surface area (Å²) < 4.78 is 5.47. The number of hydrogen-bond donors (Lipinski definition) is 2. The van der Waals surface area contributed by atoms with E-state index in [0.717, 1.165) is 64.1 Å². The van der Waals surface area contributed by atoms with Crippen LogP contribution in [0.2, 0.25) is 0 Å². The van der Waals surface area contributed by atoms with E-state index in [1.807, 2.05) is 6.07 Å². The Morgan fingerprint density at radius 2 is 1.88 bits per heavy atom. The van der Waals surface area contributed by atoms with E-state index >= 15 is 0 Å². The van der Waals surface area contributed by atoms with Crippen molar-refractivity contribution in [1.82, 2.24) is 25.3 Å². The number of likely N-dealkylation sites (N-methyl/N-ethyl adjacent to an activating group) is 1. The van der Waals surface area contributed by atoms with E-state index in [0.29, 0.717) is 0 Å². The lowest BCUT2D eigenvalue weighted by molar-refractivity contribution is 0.251. The standard InChI is InChI=1S/C24H42N6O.HI/c1-4-25-24(26-11-16-29-13-8-12-28(2)17-18-29)27-20-23(30-14-5-6-15-30)21-9-7-10-22(19-21)31-3;/h7,9-10,19,23H,4-6,8,11-18,20H2,1-3H3,(H2,25,26,27);1H. The Hall–Kier alpha value is -1.10. The van der Waals surface area contributed by atoms with Gasteiger partial charge in [-0.2, -0.15) is 0 Å². The summed E-state index contributed by atoms with van der Waals surface area (Å²) in [5.74, 6) is 1.83. The van der Waals surface area contributed by atoms with Gasteiger partial charge in [0.15, 0.2) is 5.96 Å². The number of rotatable bonds is 9. The van der Waals surface area contributed by atoms with Crippen molar-refractivity contribution in [2.75, 3.05) is 79.6 Å². The molecule has 0 radical (unpaired) electrons. The van der Waals surface area contributed by atoms with Crippen molar-refractivity contribution in [2.24, 2.45) is 4.99 Å². The van der Waals surface area contributed by atoms with Crippen molar-refractivity contribution in [3.05, 3.63) is 29.8 Å². The van der Waals surface area contributed by atoms with Gasteiger partial charge in [-0.25, -0.2) is 0 Å². The normalized spacial score (nSPS) is 19.8. The van der Waals surface area contributed by atoms with Gasteiger partial charge in [-0.3, -0.25) is 9.89 Å². The van der Waals surface area contributed by atoms with E-state index in [-0.39, 0.29) is 30.0 Å². The van der Waals surface area contributed by atoms with Gasteiger partial charge < -0.3 is 25.2 Å². The molecule has 1 unspecified atom stereocenters. The summed E-state index contributed by atoms with van der Waals surface area (Å²) in [6.07, 6.45) is 3.80. The second-order valence-electron chi connectivity index (χ2n) is 8.68. The summed E-state index contributed by atoms with van der Waals surface area (Å²) in [7, 11) is 3.95. The summed E-state index contributed by atoms with van der Waals surface area (Å²) in [5.41, 5.74) is 1.29. The highest BCUT2D eigenvalue weighted by Crippen LogP contribution is 2.27. The summed E-state index contributed by atoms with van der Waals surface area (Å²) >= 11 is 0. The number of nitrogens with one attached hydrogen (secondary N) is 2. The van der Waals surface area contributed by atoms with Gasteiger partial charge in [0, 0.05) is 32.7 Å². The lowest BCUT2D eigenvalue weighted by Gasteiger charge is -2.27. The van der Waals surface area contributed by atoms with Crippen LogP contribution in [0.3, 0.4) is 0 Å². The molecule has 2 aliphatic rings. The third-order valence-corrected chi connectivity index (χ3v) is 6.36. The summed E-state index contributed by atoms with van der Waals surface area (Å²) in [6, 6.07) is 8.75. The minimum absolute atomic E-state index is 0. The smallest absolute Gasteiger partial charge is 0.191 e. The van der Waals surface area contributed by atoms with Gasteiger partial charge in [0.2, 0.25) is 0 Å². The monoisotopic (exact) mass is 558 g/mol. The number of nitrogens with zero attached hydrogens (tertiary/aromatic N) is 4. The Labute approximate surface area is 212 Å². The SMILES string of the molecule is CCNC(=NCC(c1cccc(OC)c1)N1CCCC1)NCCN1CCCN(C)CC1.I. The fourth-order valence-corrected chi connectivity index (χ4v) is 4.51. The highest BCUT2D eigenvalue weighted by molar-refractivity contribution is 14.0. The Bertz CT molecular complexity index is 682. The van der Waals surface area contributed by atoms with Crippen LogP contribution < -0.4 is 15.4 Å². The maximum absolute atomic E-state index is 5.47. The average Bonchev–Trinajstić information content (AvgIpc) is 3.23. The summed E-state index contributed by atoms with van der Waals surface area (Å²) in [6.45, 7) is 12.7. The first-order valence-electron chi connectivity index (χ1n) is 12.0. The van der Waals surface area contributed by atoms with Crippen LogP contribution in [0.1, 0.15) is 37.8 Å². The average molecular weight is 559 g/mol. The number of aliphatic imine (C=N–C) groups is 1. The Morgan fingerprint density at radius 3 is 2.62 bits per heavy atom. The second kappa shape index (κ2) is 14.9. The first kappa shape index (κ1) is 27.1. The predicted molar refractivity (Wildman–Crippen MR) is 144 cm³/mol. The number of ether oxygens (including phenoxy) is 1. The van der Waals surface area contributed by atoms with Gasteiger partial charge in [0.25, 0.3) is 0 Å². The first-order chi connectivity index (χ1) is 15.2. The number of guanidine groups is 1. The van der Waals surface area contributed by atoms with Crippen LogP contribution in [-0.4, -0.2) is 100 Å². The Balaban J connectivity index is 0.00000363. The van der Waals surface area contributed by atoms with Crippen molar-refractivity contribution in [2.45, 2.75) is 32.2 Å². The molecule has 1 aromatic carbocycles. The van der Waals surface area contributed by atoms with Gasteiger partial charge in [0.05, 0.1) is 19.7 Å². The number of halogens is 1. The van der Waals surface area contributed by atoms with Crippen molar-refractivity contribution >= 4 is 29.9 Å². The van der Waals surface area contributed by atoms with Gasteiger partial charge in [-0.1, -0.05) is 12.1 Å². The quantitative estimate of drug-likeness (QED) is 0.276. The molecular formula is C24H43IN6O. The molecule has 7 nitrogen and oxygen atoms in total. The van der Waals surface area contributed by atoms with Gasteiger partial charge >= 0.3 is 0 Å². The lowest BCUT2D eigenvalue weighted by Crippen LogP contribution is -2.42. The molecule has 0 bridgehead atoms. The summed E-state index contributed by atoms with van der Waals surface area (Å²) in [4.78, 5) is 12.5. The second-order valence-corrected chi connectivity index (χ2v) is 8.68. The zero-order valence-electron chi connectivity index (χ0n) is 20.2. The molecule has 2 N–H and O–H groups in total. The van der Waals surface area contributed by atoms with Crippen LogP contribution in [-0.2, 0) is 0 Å². The molecule has 2 fully saturated rings. The van der Waals surface area contributed by atoms with E-state index in [1.54, 1.807) is 7.11 Å². The third-order valence-electron chi connectivity index (χ3n) is 6.36. The fourth-order valence-electron chi connectivity index (χ4n) is 4.51. The minimum atomic E-state index is 0. The molecular weight excluding hydrogens is 515 g/mol. The fraction of sp³-hybridized carbons (Fsp3) is 0.708. The van der Waals surface area contributed by atoms with E-state index < -0.39 is 0 Å². The molecule has 2 heterocycles. The molecule has 32 heavy (non-hydrogen) atoms. The van der Waals surface area contributed by atoms with Crippen LogP contribution in [0.5, 0.6) is 5.75 Å². The Kier molecular flexibility index (Phi) is 12.7. The minimum Gasteiger partial charge on any atom is -0.497 e. The first-order valence-corrected chi connectivity index (χ1v) is 12.0. The van der Waals surface area contributed by atoms with Crippen LogP contribution >= 0.6 is 24.0 Å². The predicted octanol–water partition coefficient (Wildman–Crippen LogP) is 2.64. The summed E-state index contributed by atoms with van der Waals surface area (Å²) in [5, 5.41) is 6.99. The van der Waals surface area contributed by atoms with Crippen molar-refractivity contribution < 1.29 is 4.74 Å². The number of methoxy groups -OCH3 is 1. The number of likely N-dealkylation sites (tertiary alicyclic amines) is 1. The van der Waals surface area contributed by atoms with Crippen LogP contribution in [0, 0.1) is 0 Å². The molecule has 0 aliphatic carbocycles. The maximum atomic E-state index is 5.47. The molecule has 182 valence electrons. The lowest BCUT2D eigenvalue weighted by atomic mass is 10.1. The molecule has 0 aromatic heterocycles. The molecule has 1 aromatic rings. The highest BCUT2D eigenvalue weighted by atomic mass is 127. The van der Waals surface area contributed by atoms with Gasteiger partial charge in [0.1, 0.15) is 5.75 Å². The van der Waals surface area contributed by atoms with E-state index in [9.17, 15) is 0 Å². The molecule has 0 saturated carbocycles. The van der Waals surface area contributed by atoms with Crippen LogP contribution in [0.15, 0.2) is 29.3 Å². The van der Waals surface area contributed by atoms with E-state index in [4.69, 9.17) is 9.73 Å². The maximum Gasteiger partial charge on any atom is 0.191 e. The molecule has 8 heteroatoms. The van der Waals surface area contributed by atoms with Crippen molar-refractivity contribution in [3.63, 3.8) is 0 Å². The largest absolute Gasteiger partial charge is 0.497 e. The molecule has 0 spiro atoms. The van der Waals surface area contributed by atoms with Crippen LogP contribution in [0.4, 0.5) is 0 Å². The zero-order chi connectivity index (χ0) is 21.9. The number of benzene rings is 1. The van der Waals surface area contributed by atoms with Gasteiger partial charge in [-0.15, -0.1) is 24.0 Å². The van der Waals surface area contributed by atoms with Crippen molar-refractivity contribution in [1.29, 1.82) is 0 Å². The zero-order valence-corrected chi connectivity index (χ0v) is 22.5. The Morgan fingerprint density at radius 1 is 1.06 bits per heavy atom. The molecule has 1 atom stereocenters. The molecule has 2 aliphatic heterocycles. The van der Waals surface area contributed by atoms with E-state index in [2.05, 4.69) is 57.5 Å². The highest BCUT2D eigenvalue weighted by Gasteiger charge is 2.24. The van der Waals surface area contributed by atoms with Crippen LogP contribution in [0.25, 0.3) is 0 Å². The van der Waals surface area contributed by atoms with Crippen molar-refractivity contribution in [3.8, 4) is 5.75 Å².